The molecular weight excluding hydrogens is 396 g/mol. The lowest BCUT2D eigenvalue weighted by Crippen LogP contribution is -1.96. The van der Waals surface area contributed by atoms with Crippen molar-refractivity contribution in [3.8, 4) is 22.3 Å². The number of benzene rings is 3. The lowest BCUT2D eigenvalue weighted by atomic mass is 9.88. The summed E-state index contributed by atoms with van der Waals surface area (Å²) in [5, 5.41) is 0. The van der Waals surface area contributed by atoms with Crippen LogP contribution in [-0.4, -0.2) is 0 Å². The molecule has 0 aliphatic heterocycles. The first-order chi connectivity index (χ1) is 16.2. The largest absolute Gasteiger partial charge is 0.0654 e. The van der Waals surface area contributed by atoms with E-state index >= 15 is 0 Å². The average Bonchev–Trinajstić information content (AvgIpc) is 2.85. The molecule has 176 valence electrons. The summed E-state index contributed by atoms with van der Waals surface area (Å²) in [6, 6.07) is 23.5. The van der Waals surface area contributed by atoms with Gasteiger partial charge in [-0.25, -0.2) is 0 Å². The van der Waals surface area contributed by atoms with E-state index in [-0.39, 0.29) is 0 Å². The highest BCUT2D eigenvalue weighted by molar-refractivity contribution is 5.79. The highest BCUT2D eigenvalue weighted by Gasteiger charge is 2.12. The van der Waals surface area contributed by atoms with Crippen molar-refractivity contribution in [3.05, 3.63) is 82.9 Å². The minimum absolute atomic E-state index is 1.04. The molecule has 0 unspecified atom stereocenters. The van der Waals surface area contributed by atoms with Gasteiger partial charge in [-0.1, -0.05) is 120 Å². The molecule has 33 heavy (non-hydrogen) atoms. The Bertz CT molecular complexity index is 883. The third kappa shape index (κ3) is 7.32. The zero-order valence-corrected chi connectivity index (χ0v) is 21.6. The van der Waals surface area contributed by atoms with Gasteiger partial charge in [0.2, 0.25) is 0 Å². The Hall–Kier alpha value is -2.34. The van der Waals surface area contributed by atoms with Gasteiger partial charge in [0.15, 0.2) is 0 Å². The summed E-state index contributed by atoms with van der Waals surface area (Å²) in [5.41, 5.74) is 11.2. The van der Waals surface area contributed by atoms with Gasteiger partial charge in [0.25, 0.3) is 0 Å². The fraction of sp³-hybridized carbons (Fsp3) is 0.455. The maximum Gasteiger partial charge on any atom is -0.0143 e. The minimum atomic E-state index is 1.04. The molecule has 0 aliphatic carbocycles. The monoisotopic (exact) mass is 440 g/mol. The molecule has 0 amide bonds. The van der Waals surface area contributed by atoms with E-state index in [0.29, 0.717) is 0 Å². The fourth-order valence-electron chi connectivity index (χ4n) is 4.93. The maximum atomic E-state index is 2.38. The standard InChI is InChI=1S/C33H44/c1-5-8-10-12-14-27-16-20-29(21-17-27)32-24-26(4)25-33(31(32)7-3)30-22-18-28(19-23-30)15-13-11-9-6-2/h16-25H,5-15H2,1-4H3. The number of hydrogen-bond donors (Lipinski definition) is 0. The highest BCUT2D eigenvalue weighted by atomic mass is 14.2. The lowest BCUT2D eigenvalue weighted by molar-refractivity contribution is 0.667. The molecular formula is C33H44. The van der Waals surface area contributed by atoms with E-state index in [2.05, 4.69) is 88.4 Å². The molecule has 0 fully saturated rings. The molecule has 0 heteroatoms. The van der Waals surface area contributed by atoms with Crippen molar-refractivity contribution < 1.29 is 0 Å². The predicted octanol–water partition coefficient (Wildman–Crippen LogP) is 10.1. The van der Waals surface area contributed by atoms with Crippen molar-refractivity contribution >= 4 is 0 Å². The molecule has 0 atom stereocenters. The number of unbranched alkanes of at least 4 members (excludes halogenated alkanes) is 6. The Labute approximate surface area is 203 Å². The van der Waals surface area contributed by atoms with Gasteiger partial charge in [-0.05, 0) is 83.5 Å². The zero-order valence-electron chi connectivity index (χ0n) is 21.6. The van der Waals surface area contributed by atoms with Gasteiger partial charge >= 0.3 is 0 Å². The van der Waals surface area contributed by atoms with Crippen LogP contribution in [0.5, 0.6) is 0 Å². The molecule has 0 heterocycles. The van der Waals surface area contributed by atoms with Crippen molar-refractivity contribution in [1.82, 2.24) is 0 Å². The highest BCUT2D eigenvalue weighted by Crippen LogP contribution is 2.35. The molecule has 3 aromatic carbocycles. The van der Waals surface area contributed by atoms with E-state index in [1.165, 1.54) is 109 Å². The van der Waals surface area contributed by atoms with Gasteiger partial charge in [0, 0.05) is 0 Å². The van der Waals surface area contributed by atoms with Gasteiger partial charge in [0.1, 0.15) is 0 Å². The first-order valence-corrected chi connectivity index (χ1v) is 13.5. The summed E-state index contributed by atoms with van der Waals surface area (Å²) < 4.78 is 0. The summed E-state index contributed by atoms with van der Waals surface area (Å²) in [6.07, 6.45) is 14.0. The summed E-state index contributed by atoms with van der Waals surface area (Å²) >= 11 is 0. The molecule has 0 nitrogen and oxygen atoms in total. The van der Waals surface area contributed by atoms with Crippen LogP contribution in [0.3, 0.4) is 0 Å². The number of rotatable bonds is 13. The first-order valence-electron chi connectivity index (χ1n) is 13.5. The summed E-state index contributed by atoms with van der Waals surface area (Å²) in [4.78, 5) is 0. The SMILES string of the molecule is CCCCCCc1ccc(-c2cc(C)cc(-c3ccc(CCCCCC)cc3)c2CC)cc1. The van der Waals surface area contributed by atoms with Crippen LogP contribution in [0.2, 0.25) is 0 Å². The third-order valence-electron chi connectivity index (χ3n) is 6.92. The van der Waals surface area contributed by atoms with E-state index in [4.69, 9.17) is 0 Å². The van der Waals surface area contributed by atoms with E-state index < -0.39 is 0 Å². The molecule has 0 bridgehead atoms. The Morgan fingerprint density at radius 1 is 0.515 bits per heavy atom. The minimum Gasteiger partial charge on any atom is -0.0654 e. The molecule has 0 radical (unpaired) electrons. The average molecular weight is 441 g/mol. The first kappa shape index (κ1) is 25.3. The second-order valence-corrected chi connectivity index (χ2v) is 9.71. The second-order valence-electron chi connectivity index (χ2n) is 9.71. The van der Waals surface area contributed by atoms with Crippen LogP contribution in [0.4, 0.5) is 0 Å². The second kappa shape index (κ2) is 13.4. The molecule has 0 N–H and O–H groups in total. The molecule has 0 aliphatic rings. The van der Waals surface area contributed by atoms with Crippen LogP contribution in [0.15, 0.2) is 60.7 Å². The zero-order chi connectivity index (χ0) is 23.5. The summed E-state index contributed by atoms with van der Waals surface area (Å²) in [7, 11) is 0. The van der Waals surface area contributed by atoms with Gasteiger partial charge < -0.3 is 0 Å². The molecule has 0 spiro atoms. The van der Waals surface area contributed by atoms with Crippen LogP contribution >= 0.6 is 0 Å². The van der Waals surface area contributed by atoms with E-state index in [1.807, 2.05) is 0 Å². The summed E-state index contributed by atoms with van der Waals surface area (Å²) in [5.74, 6) is 0. The van der Waals surface area contributed by atoms with Crippen LogP contribution < -0.4 is 0 Å². The van der Waals surface area contributed by atoms with Crippen molar-refractivity contribution in [2.24, 2.45) is 0 Å². The van der Waals surface area contributed by atoms with Crippen molar-refractivity contribution in [3.63, 3.8) is 0 Å². The Morgan fingerprint density at radius 3 is 1.30 bits per heavy atom. The molecule has 3 aromatic rings. The topological polar surface area (TPSA) is 0 Å². The van der Waals surface area contributed by atoms with E-state index in [0.717, 1.165) is 6.42 Å². The fourth-order valence-corrected chi connectivity index (χ4v) is 4.93. The lowest BCUT2D eigenvalue weighted by Gasteiger charge is -2.17. The van der Waals surface area contributed by atoms with Crippen LogP contribution in [0.25, 0.3) is 22.3 Å². The smallest absolute Gasteiger partial charge is 0.0143 e. The predicted molar refractivity (Wildman–Crippen MR) is 147 cm³/mol. The van der Waals surface area contributed by atoms with Gasteiger partial charge in [-0.3, -0.25) is 0 Å². The quantitative estimate of drug-likeness (QED) is 0.232. The Kier molecular flexibility index (Phi) is 10.3. The van der Waals surface area contributed by atoms with Crippen molar-refractivity contribution in [1.29, 1.82) is 0 Å². The maximum absolute atomic E-state index is 2.38. The number of hydrogen-bond acceptors (Lipinski definition) is 0. The van der Waals surface area contributed by atoms with Crippen LogP contribution in [0.1, 0.15) is 94.4 Å². The third-order valence-corrected chi connectivity index (χ3v) is 6.92. The Morgan fingerprint density at radius 2 is 0.939 bits per heavy atom. The van der Waals surface area contributed by atoms with Crippen LogP contribution in [-0.2, 0) is 19.3 Å². The normalized spacial score (nSPS) is 11.2. The molecule has 0 saturated carbocycles. The van der Waals surface area contributed by atoms with Crippen molar-refractivity contribution in [2.45, 2.75) is 98.3 Å². The van der Waals surface area contributed by atoms with E-state index in [1.54, 1.807) is 0 Å². The molecule has 0 saturated heterocycles. The molecule has 0 aromatic heterocycles. The van der Waals surface area contributed by atoms with Gasteiger partial charge in [-0.15, -0.1) is 0 Å². The van der Waals surface area contributed by atoms with E-state index in [9.17, 15) is 0 Å². The van der Waals surface area contributed by atoms with Crippen LogP contribution in [0, 0.1) is 6.92 Å². The van der Waals surface area contributed by atoms with Gasteiger partial charge in [-0.2, -0.15) is 0 Å². The summed E-state index contributed by atoms with van der Waals surface area (Å²) in [6.45, 7) is 9.08. The Balaban J connectivity index is 1.80. The number of aryl methyl sites for hydroxylation is 3. The van der Waals surface area contributed by atoms with Crippen molar-refractivity contribution in [2.75, 3.05) is 0 Å². The van der Waals surface area contributed by atoms with Gasteiger partial charge in [0.05, 0.1) is 0 Å². The molecule has 3 rings (SSSR count).